The summed E-state index contributed by atoms with van der Waals surface area (Å²) < 4.78 is 0. The minimum absolute atomic E-state index is 0.0203. The second-order valence-corrected chi connectivity index (χ2v) is 7.34. The summed E-state index contributed by atoms with van der Waals surface area (Å²) in [6.45, 7) is 0. The van der Waals surface area contributed by atoms with E-state index in [2.05, 4.69) is 20.3 Å². The first-order valence-corrected chi connectivity index (χ1v) is 9.78. The number of H-pyrrole nitrogens is 1. The summed E-state index contributed by atoms with van der Waals surface area (Å²) in [5.74, 6) is 0.653. The molecule has 3 aromatic rings. The van der Waals surface area contributed by atoms with E-state index >= 15 is 0 Å². The number of hydrogen-bond acceptors (Lipinski definition) is 5. The van der Waals surface area contributed by atoms with Gasteiger partial charge in [-0.2, -0.15) is 0 Å². The normalized spacial score (nSPS) is 10.1. The van der Waals surface area contributed by atoms with E-state index < -0.39 is 0 Å². The van der Waals surface area contributed by atoms with Crippen molar-refractivity contribution < 1.29 is 14.4 Å². The molecule has 0 aliphatic carbocycles. The number of benzene rings is 1. The van der Waals surface area contributed by atoms with Crippen LogP contribution >= 0.6 is 0 Å². The Morgan fingerprint density at radius 3 is 2.52 bits per heavy atom. The molecule has 0 radical (unpaired) electrons. The predicted molar refractivity (Wildman–Crippen MR) is 119 cm³/mol. The second kappa shape index (κ2) is 11.4. The van der Waals surface area contributed by atoms with E-state index in [1.165, 1.54) is 4.90 Å². The minimum atomic E-state index is -0.102. The van der Waals surface area contributed by atoms with Crippen molar-refractivity contribution in [1.82, 2.24) is 24.8 Å². The number of nitrogens with one attached hydrogen (secondary N) is 2. The first-order chi connectivity index (χ1) is 14.8. The SMILES string of the molecule is CN(C)C(=O)Cc1cccc(NC(=O)CCc2nc3ncccc3[nH]2)c1.CN(C)C=O. The van der Waals surface area contributed by atoms with Crippen LogP contribution in [0.25, 0.3) is 11.2 Å². The largest absolute Gasteiger partial charge is 0.351 e. The van der Waals surface area contributed by atoms with Gasteiger partial charge >= 0.3 is 0 Å². The Kier molecular flexibility index (Phi) is 8.68. The number of amides is 3. The molecule has 164 valence electrons. The topological polar surface area (TPSA) is 111 Å². The Hall–Kier alpha value is -3.75. The van der Waals surface area contributed by atoms with Gasteiger partial charge in [0.25, 0.3) is 0 Å². The van der Waals surface area contributed by atoms with Crippen molar-refractivity contribution in [3.63, 3.8) is 0 Å². The van der Waals surface area contributed by atoms with Crippen LogP contribution in [0.4, 0.5) is 5.69 Å². The number of likely N-dealkylation sites (N-methyl/N-ethyl adjacent to an activating group) is 1. The van der Waals surface area contributed by atoms with E-state index in [1.807, 2.05) is 36.4 Å². The number of carbonyl (C=O) groups excluding carboxylic acids is 3. The lowest BCUT2D eigenvalue weighted by Crippen LogP contribution is -2.23. The molecule has 0 bridgehead atoms. The summed E-state index contributed by atoms with van der Waals surface area (Å²) in [6.07, 6.45) is 3.55. The third kappa shape index (κ3) is 7.88. The summed E-state index contributed by atoms with van der Waals surface area (Å²) in [7, 11) is 6.82. The Balaban J connectivity index is 0.000000614. The molecule has 9 nitrogen and oxygen atoms in total. The minimum Gasteiger partial charge on any atom is -0.351 e. The summed E-state index contributed by atoms with van der Waals surface area (Å²) in [4.78, 5) is 48.1. The van der Waals surface area contributed by atoms with Gasteiger partial charge in [0.15, 0.2) is 5.65 Å². The maximum atomic E-state index is 12.2. The molecule has 2 N–H and O–H groups in total. The van der Waals surface area contributed by atoms with Crippen LogP contribution < -0.4 is 5.32 Å². The third-order valence-corrected chi connectivity index (χ3v) is 4.17. The molecule has 0 aliphatic heterocycles. The number of anilines is 1. The van der Waals surface area contributed by atoms with E-state index in [0.29, 0.717) is 30.6 Å². The first kappa shape index (κ1) is 23.5. The molecule has 0 saturated carbocycles. The second-order valence-electron chi connectivity index (χ2n) is 7.34. The highest BCUT2D eigenvalue weighted by molar-refractivity contribution is 5.91. The molecule has 0 saturated heterocycles. The fourth-order valence-electron chi connectivity index (χ4n) is 2.56. The predicted octanol–water partition coefficient (Wildman–Crippen LogP) is 1.86. The Labute approximate surface area is 181 Å². The average molecular weight is 425 g/mol. The van der Waals surface area contributed by atoms with Crippen molar-refractivity contribution in [1.29, 1.82) is 0 Å². The van der Waals surface area contributed by atoms with Gasteiger partial charge in [-0.05, 0) is 29.8 Å². The number of aromatic nitrogens is 3. The highest BCUT2D eigenvalue weighted by atomic mass is 16.2. The molecule has 2 aromatic heterocycles. The maximum absolute atomic E-state index is 12.2. The highest BCUT2D eigenvalue weighted by Gasteiger charge is 2.09. The number of aromatic amines is 1. The van der Waals surface area contributed by atoms with Crippen LogP contribution in [0.1, 0.15) is 17.8 Å². The van der Waals surface area contributed by atoms with Crippen LogP contribution in [0.2, 0.25) is 0 Å². The van der Waals surface area contributed by atoms with E-state index in [4.69, 9.17) is 0 Å². The molecule has 31 heavy (non-hydrogen) atoms. The number of imidazole rings is 1. The molecule has 1 aromatic carbocycles. The van der Waals surface area contributed by atoms with Crippen LogP contribution in [0.15, 0.2) is 42.6 Å². The summed E-state index contributed by atoms with van der Waals surface area (Å²) >= 11 is 0. The van der Waals surface area contributed by atoms with Crippen molar-refractivity contribution in [3.8, 4) is 0 Å². The monoisotopic (exact) mass is 424 g/mol. The maximum Gasteiger partial charge on any atom is 0.226 e. The van der Waals surface area contributed by atoms with Crippen molar-refractivity contribution in [3.05, 3.63) is 54.0 Å². The van der Waals surface area contributed by atoms with Crippen LogP contribution in [0.3, 0.4) is 0 Å². The van der Waals surface area contributed by atoms with Gasteiger partial charge in [0.1, 0.15) is 5.82 Å². The zero-order valence-corrected chi connectivity index (χ0v) is 18.3. The zero-order chi connectivity index (χ0) is 22.8. The summed E-state index contributed by atoms with van der Waals surface area (Å²) in [6, 6.07) is 11.1. The van der Waals surface area contributed by atoms with Crippen LogP contribution in [0.5, 0.6) is 0 Å². The lowest BCUT2D eigenvalue weighted by molar-refractivity contribution is -0.128. The van der Waals surface area contributed by atoms with Crippen molar-refractivity contribution >= 4 is 35.1 Å². The quantitative estimate of drug-likeness (QED) is 0.563. The van der Waals surface area contributed by atoms with Gasteiger partial charge in [0.05, 0.1) is 11.9 Å². The number of aryl methyl sites for hydroxylation is 1. The van der Waals surface area contributed by atoms with Gasteiger partial charge in [0, 0.05) is 52.9 Å². The fourth-order valence-corrected chi connectivity index (χ4v) is 2.56. The van der Waals surface area contributed by atoms with E-state index in [1.54, 1.807) is 39.3 Å². The molecule has 0 fully saturated rings. The number of fused-ring (bicyclic) bond motifs is 1. The van der Waals surface area contributed by atoms with E-state index in [-0.39, 0.29) is 11.8 Å². The first-order valence-electron chi connectivity index (χ1n) is 9.78. The fraction of sp³-hybridized carbons (Fsp3) is 0.318. The Bertz CT molecular complexity index is 996. The lowest BCUT2D eigenvalue weighted by atomic mass is 10.1. The van der Waals surface area contributed by atoms with Crippen LogP contribution in [-0.2, 0) is 27.2 Å². The highest BCUT2D eigenvalue weighted by Crippen LogP contribution is 2.13. The molecule has 0 spiro atoms. The van der Waals surface area contributed by atoms with Gasteiger partial charge in [-0.3, -0.25) is 14.4 Å². The van der Waals surface area contributed by atoms with E-state index in [0.717, 1.165) is 23.3 Å². The summed E-state index contributed by atoms with van der Waals surface area (Å²) in [5.41, 5.74) is 3.07. The van der Waals surface area contributed by atoms with Gasteiger partial charge in [-0.25, -0.2) is 9.97 Å². The molecule has 3 rings (SSSR count). The standard InChI is InChI=1S/C19H21N5O2.C3H7NO/c1-24(2)18(26)12-13-5-3-6-14(11-13)21-17(25)9-8-16-22-15-7-4-10-20-19(15)23-16;1-4(2)3-5/h3-7,10-11H,8-9,12H2,1-2H3,(H,21,25)(H,20,22,23);3H,1-2H3. The molecular weight excluding hydrogens is 396 g/mol. The molecule has 0 atom stereocenters. The van der Waals surface area contributed by atoms with Crippen LogP contribution in [-0.4, -0.2) is 71.2 Å². The van der Waals surface area contributed by atoms with Crippen molar-refractivity contribution in [2.75, 3.05) is 33.5 Å². The van der Waals surface area contributed by atoms with Gasteiger partial charge in [-0.15, -0.1) is 0 Å². The summed E-state index contributed by atoms with van der Waals surface area (Å²) in [5, 5.41) is 2.87. The number of nitrogens with zero attached hydrogens (tertiary/aromatic N) is 4. The van der Waals surface area contributed by atoms with Crippen molar-refractivity contribution in [2.45, 2.75) is 19.3 Å². The smallest absolute Gasteiger partial charge is 0.226 e. The number of carbonyl (C=O) groups is 3. The molecule has 0 aliphatic rings. The zero-order valence-electron chi connectivity index (χ0n) is 18.3. The molecule has 0 unspecified atom stereocenters. The van der Waals surface area contributed by atoms with Gasteiger partial charge in [-0.1, -0.05) is 12.1 Å². The number of hydrogen-bond donors (Lipinski definition) is 2. The molecule has 3 amide bonds. The number of rotatable bonds is 7. The van der Waals surface area contributed by atoms with Crippen LogP contribution in [0, 0.1) is 0 Å². The molecular formula is C22H28N6O3. The Morgan fingerprint density at radius 2 is 1.87 bits per heavy atom. The molecule has 2 heterocycles. The lowest BCUT2D eigenvalue weighted by Gasteiger charge is -2.11. The van der Waals surface area contributed by atoms with Gasteiger partial charge < -0.3 is 20.1 Å². The van der Waals surface area contributed by atoms with E-state index in [9.17, 15) is 14.4 Å². The third-order valence-electron chi connectivity index (χ3n) is 4.17. The average Bonchev–Trinajstić information content (AvgIpc) is 3.16. The Morgan fingerprint density at radius 1 is 1.13 bits per heavy atom. The van der Waals surface area contributed by atoms with Gasteiger partial charge in [0.2, 0.25) is 18.2 Å². The number of pyridine rings is 1. The van der Waals surface area contributed by atoms with Crippen molar-refractivity contribution in [2.24, 2.45) is 0 Å². The molecule has 9 heteroatoms.